The largest absolute Gasteiger partial charge is 0.380 e. The smallest absolute Gasteiger partial charge is 0.272 e. The topological polar surface area (TPSA) is 113 Å². The van der Waals surface area contributed by atoms with Crippen LogP contribution in [0.5, 0.6) is 0 Å². The number of amides is 2. The fourth-order valence-corrected chi connectivity index (χ4v) is 4.57. The minimum absolute atomic E-state index is 0.0238. The van der Waals surface area contributed by atoms with E-state index in [0.717, 1.165) is 12.0 Å². The summed E-state index contributed by atoms with van der Waals surface area (Å²) in [4.78, 5) is 36.8. The number of allylic oxidation sites excluding steroid dienone is 2. The molecule has 1 aliphatic carbocycles. The van der Waals surface area contributed by atoms with Crippen LogP contribution in [0.25, 0.3) is 5.57 Å². The van der Waals surface area contributed by atoms with Crippen molar-refractivity contribution in [3.8, 4) is 0 Å². The molecule has 2 heterocycles. The van der Waals surface area contributed by atoms with E-state index in [-0.39, 0.29) is 35.3 Å². The molecule has 1 aliphatic heterocycles. The molecule has 8 nitrogen and oxygen atoms in total. The molecule has 3 N–H and O–H groups in total. The van der Waals surface area contributed by atoms with Crippen LogP contribution in [0.4, 0.5) is 4.39 Å². The van der Waals surface area contributed by atoms with E-state index in [1.807, 2.05) is 20.8 Å². The molecule has 35 heavy (non-hydrogen) atoms. The van der Waals surface area contributed by atoms with Gasteiger partial charge in [-0.05, 0) is 73.6 Å². The summed E-state index contributed by atoms with van der Waals surface area (Å²) in [5.41, 5.74) is 0.672. The first-order chi connectivity index (χ1) is 16.6. The maximum atomic E-state index is 13.2. The van der Waals surface area contributed by atoms with Gasteiger partial charge in [-0.25, -0.2) is 9.37 Å². The van der Waals surface area contributed by atoms with E-state index in [2.05, 4.69) is 9.97 Å². The highest BCUT2D eigenvalue weighted by Gasteiger charge is 2.46. The molecule has 2 amide bonds. The van der Waals surface area contributed by atoms with Crippen molar-refractivity contribution in [1.29, 1.82) is 5.41 Å². The second-order valence-corrected chi connectivity index (χ2v) is 9.80. The number of hydrogen-bond donors (Lipinski definition) is 3. The lowest BCUT2D eigenvalue weighted by molar-refractivity contribution is -0.162. The number of aromatic nitrogens is 2. The third-order valence-electron chi connectivity index (χ3n) is 6.91. The Kier molecular flexibility index (Phi) is 6.89. The third-order valence-corrected chi connectivity index (χ3v) is 6.91. The van der Waals surface area contributed by atoms with Crippen molar-refractivity contribution in [3.05, 3.63) is 59.4 Å². The number of aromatic amines is 1. The minimum atomic E-state index is -1.23. The van der Waals surface area contributed by atoms with Crippen LogP contribution in [-0.4, -0.2) is 73.7 Å². The van der Waals surface area contributed by atoms with Gasteiger partial charge in [-0.1, -0.05) is 13.8 Å². The summed E-state index contributed by atoms with van der Waals surface area (Å²) in [6.45, 7) is 6.97. The van der Waals surface area contributed by atoms with Gasteiger partial charge < -0.3 is 25.3 Å². The van der Waals surface area contributed by atoms with Gasteiger partial charge in [-0.15, -0.1) is 0 Å². The average Bonchev–Trinajstić information content (AvgIpc) is 3.30. The third kappa shape index (κ3) is 5.05. The quantitative estimate of drug-likeness (QED) is 0.550. The molecule has 2 aliphatic rings. The number of halogens is 1. The summed E-state index contributed by atoms with van der Waals surface area (Å²) in [7, 11) is 0. The molecule has 0 radical (unpaired) electrons. The highest BCUT2D eigenvalue weighted by Crippen LogP contribution is 2.34. The van der Waals surface area contributed by atoms with Crippen molar-refractivity contribution in [1.82, 2.24) is 19.8 Å². The van der Waals surface area contributed by atoms with E-state index < -0.39 is 5.60 Å². The zero-order chi connectivity index (χ0) is 25.3. The van der Waals surface area contributed by atoms with Crippen LogP contribution in [0.15, 0.2) is 36.5 Å². The summed E-state index contributed by atoms with van der Waals surface area (Å²) in [5, 5.41) is 18.8. The number of imidazole rings is 1. The van der Waals surface area contributed by atoms with E-state index in [1.165, 1.54) is 18.3 Å². The molecule has 1 aromatic heterocycles. The number of nitrogens with one attached hydrogen (secondary N) is 2. The van der Waals surface area contributed by atoms with Crippen LogP contribution in [0.3, 0.4) is 0 Å². The SMILES string of the molecule is CC(C)/C(=C/C(=N)c1ccc(F)cc1)c1ncc(C(=O)N2CCN(C(=O)C3(O)CCC3)CC2C)[nH]1. The van der Waals surface area contributed by atoms with Crippen LogP contribution >= 0.6 is 0 Å². The van der Waals surface area contributed by atoms with Gasteiger partial charge in [-0.2, -0.15) is 0 Å². The molecule has 2 aromatic rings. The normalized spacial score (nSPS) is 20.1. The van der Waals surface area contributed by atoms with Crippen molar-refractivity contribution in [2.75, 3.05) is 19.6 Å². The predicted molar refractivity (Wildman–Crippen MR) is 131 cm³/mol. The molecule has 1 atom stereocenters. The molecular weight excluding hydrogens is 449 g/mol. The standard InChI is InChI=1S/C26H32FN5O3/c1-16(2)20(13-21(28)18-5-7-19(27)8-6-18)23-29-14-22(30-23)24(33)32-12-11-31(15-17(32)3)25(34)26(35)9-4-10-26/h5-8,13-14,16-17,28,35H,4,9-12,15H2,1-3H3,(H,29,30)/b20-13-,28-21?. The fourth-order valence-electron chi connectivity index (χ4n) is 4.57. The molecule has 1 aromatic carbocycles. The highest BCUT2D eigenvalue weighted by atomic mass is 19.1. The van der Waals surface area contributed by atoms with Gasteiger partial charge in [-0.3, -0.25) is 9.59 Å². The van der Waals surface area contributed by atoms with E-state index in [1.54, 1.807) is 28.0 Å². The summed E-state index contributed by atoms with van der Waals surface area (Å²) in [6, 6.07) is 5.54. The Hall–Kier alpha value is -3.33. The number of rotatable bonds is 6. The number of carbonyl (C=O) groups excluding carboxylic acids is 2. The summed E-state index contributed by atoms with van der Waals surface area (Å²) in [5.74, 6) is -0.272. The first-order valence-corrected chi connectivity index (χ1v) is 12.0. The van der Waals surface area contributed by atoms with Gasteiger partial charge in [0.2, 0.25) is 0 Å². The lowest BCUT2D eigenvalue weighted by Crippen LogP contribution is -2.61. The predicted octanol–water partition coefficient (Wildman–Crippen LogP) is 3.24. The van der Waals surface area contributed by atoms with E-state index >= 15 is 0 Å². The zero-order valence-corrected chi connectivity index (χ0v) is 20.3. The van der Waals surface area contributed by atoms with Crippen molar-refractivity contribution >= 4 is 23.1 Å². The average molecular weight is 482 g/mol. The maximum absolute atomic E-state index is 13.2. The van der Waals surface area contributed by atoms with Gasteiger partial charge in [0, 0.05) is 25.7 Å². The number of nitrogens with zero attached hydrogens (tertiary/aromatic N) is 3. The second-order valence-electron chi connectivity index (χ2n) is 9.80. The molecule has 1 saturated carbocycles. The molecule has 0 spiro atoms. The molecule has 1 unspecified atom stereocenters. The molecule has 2 fully saturated rings. The summed E-state index contributed by atoms with van der Waals surface area (Å²) in [6.07, 6.45) is 5.04. The van der Waals surface area contributed by atoms with Crippen LogP contribution in [0, 0.1) is 17.1 Å². The van der Waals surface area contributed by atoms with Crippen LogP contribution in [0.2, 0.25) is 0 Å². The molecule has 4 rings (SSSR count). The van der Waals surface area contributed by atoms with Crippen LogP contribution < -0.4 is 0 Å². The molecule has 0 bridgehead atoms. The number of hydrogen-bond acceptors (Lipinski definition) is 5. The van der Waals surface area contributed by atoms with Gasteiger partial charge in [0.1, 0.15) is 22.9 Å². The highest BCUT2D eigenvalue weighted by molar-refractivity contribution is 6.10. The number of piperazine rings is 1. The molecule has 186 valence electrons. The first-order valence-electron chi connectivity index (χ1n) is 12.0. The summed E-state index contributed by atoms with van der Waals surface area (Å²) < 4.78 is 13.2. The Bertz CT molecular complexity index is 1150. The molecule has 1 saturated heterocycles. The maximum Gasteiger partial charge on any atom is 0.272 e. The van der Waals surface area contributed by atoms with Crippen LogP contribution in [-0.2, 0) is 4.79 Å². The van der Waals surface area contributed by atoms with Gasteiger partial charge >= 0.3 is 0 Å². The number of H-pyrrole nitrogens is 1. The Labute approximate surface area is 204 Å². The monoisotopic (exact) mass is 481 g/mol. The van der Waals surface area contributed by atoms with E-state index in [4.69, 9.17) is 5.41 Å². The lowest BCUT2D eigenvalue weighted by atomic mass is 9.79. The van der Waals surface area contributed by atoms with Crippen molar-refractivity contribution in [2.24, 2.45) is 5.92 Å². The number of carbonyl (C=O) groups is 2. The van der Waals surface area contributed by atoms with Crippen molar-refractivity contribution < 1.29 is 19.1 Å². The Morgan fingerprint density at radius 2 is 1.94 bits per heavy atom. The van der Waals surface area contributed by atoms with Gasteiger partial charge in [0.15, 0.2) is 0 Å². The Morgan fingerprint density at radius 1 is 1.26 bits per heavy atom. The molecule has 9 heteroatoms. The second kappa shape index (κ2) is 9.73. The van der Waals surface area contributed by atoms with Gasteiger partial charge in [0.05, 0.1) is 11.9 Å². The zero-order valence-electron chi connectivity index (χ0n) is 20.3. The van der Waals surface area contributed by atoms with Gasteiger partial charge in [0.25, 0.3) is 11.8 Å². The Balaban J connectivity index is 1.47. The van der Waals surface area contributed by atoms with Crippen LogP contribution in [0.1, 0.15) is 61.9 Å². The first kappa shape index (κ1) is 24.8. The Morgan fingerprint density at radius 3 is 2.51 bits per heavy atom. The van der Waals surface area contributed by atoms with E-state index in [9.17, 15) is 19.1 Å². The number of aliphatic hydroxyl groups is 1. The van der Waals surface area contributed by atoms with Crippen molar-refractivity contribution in [2.45, 2.75) is 51.7 Å². The van der Waals surface area contributed by atoms with E-state index in [0.29, 0.717) is 49.6 Å². The minimum Gasteiger partial charge on any atom is -0.380 e. The fraction of sp³-hybridized carbons (Fsp3) is 0.462. The summed E-state index contributed by atoms with van der Waals surface area (Å²) >= 11 is 0. The molecular formula is C26H32FN5O3. The lowest BCUT2D eigenvalue weighted by Gasteiger charge is -2.44. The number of benzene rings is 1. The van der Waals surface area contributed by atoms with Crippen molar-refractivity contribution in [3.63, 3.8) is 0 Å².